The zero-order chi connectivity index (χ0) is 21.1. The van der Waals surface area contributed by atoms with Crippen LogP contribution in [0.25, 0.3) is 0 Å². The summed E-state index contributed by atoms with van der Waals surface area (Å²) in [6.07, 6.45) is 5.56. The van der Waals surface area contributed by atoms with Crippen LogP contribution in [-0.4, -0.2) is 25.9 Å². The molecule has 0 bridgehead atoms. The van der Waals surface area contributed by atoms with Crippen molar-refractivity contribution < 1.29 is 18.4 Å². The number of anilines is 1. The molecule has 0 saturated carbocycles. The smallest absolute Gasteiger partial charge is 0.211 e. The van der Waals surface area contributed by atoms with Crippen molar-refractivity contribution in [3.63, 3.8) is 0 Å². The molecule has 0 radical (unpaired) electrons. The molecule has 1 aliphatic rings. The van der Waals surface area contributed by atoms with Gasteiger partial charge in [0, 0.05) is 18.2 Å². The van der Waals surface area contributed by atoms with E-state index < -0.39 is 11.6 Å². The average Bonchev–Trinajstić information content (AvgIpc) is 3.13. The lowest BCUT2D eigenvalue weighted by Gasteiger charge is -2.21. The third-order valence-electron chi connectivity index (χ3n) is 4.16. The molecule has 2 rings (SSSR count). The van der Waals surface area contributed by atoms with Gasteiger partial charge in [0.2, 0.25) is 12.8 Å². The van der Waals surface area contributed by atoms with Crippen LogP contribution in [0.3, 0.4) is 0 Å². The Hall–Kier alpha value is -2.22. The lowest BCUT2D eigenvalue weighted by molar-refractivity contribution is -0.107. The summed E-state index contributed by atoms with van der Waals surface area (Å²) in [4.78, 5) is 19.4. The second kappa shape index (κ2) is 12.3. The van der Waals surface area contributed by atoms with E-state index in [2.05, 4.69) is 22.9 Å². The maximum Gasteiger partial charge on any atom is 0.211 e. The highest BCUT2D eigenvalue weighted by molar-refractivity contribution is 6.31. The summed E-state index contributed by atoms with van der Waals surface area (Å²) in [5, 5.41) is 5.71. The molecule has 9 heteroatoms. The number of nitrogens with two attached hydrogens (primary N) is 1. The highest BCUT2D eigenvalue weighted by Crippen LogP contribution is 2.37. The third kappa shape index (κ3) is 6.74. The zero-order valence-electron chi connectivity index (χ0n) is 14.9. The summed E-state index contributed by atoms with van der Waals surface area (Å²) in [6.45, 7) is 4.72. The largest absolute Gasteiger partial charge is 0.372 e. The molecule has 0 unspecified atom stereocenters. The van der Waals surface area contributed by atoms with Crippen molar-refractivity contribution in [2.24, 2.45) is 11.7 Å². The molecule has 1 saturated heterocycles. The van der Waals surface area contributed by atoms with Gasteiger partial charge in [0.25, 0.3) is 0 Å². The quantitative estimate of drug-likeness (QED) is 0.450. The number of hydrogen-bond acceptors (Lipinski definition) is 3. The molecule has 0 aromatic heterocycles. The number of hydrogen-bond donors (Lipinski definition) is 3. The van der Waals surface area contributed by atoms with Crippen LogP contribution in [0.2, 0.25) is 5.02 Å². The number of rotatable bonds is 7. The number of allylic oxidation sites excluding steroid dienone is 5. The molecule has 152 valence electrons. The molecule has 0 spiro atoms. The van der Waals surface area contributed by atoms with Crippen molar-refractivity contribution in [3.05, 3.63) is 64.2 Å². The fraction of sp³-hybridized carbons (Fsp3) is 0.263. The van der Waals surface area contributed by atoms with Crippen LogP contribution in [-0.2, 0) is 9.59 Å². The molecule has 1 aromatic rings. The predicted molar refractivity (Wildman–Crippen MR) is 108 cm³/mol. The van der Waals surface area contributed by atoms with Gasteiger partial charge in [0.15, 0.2) is 0 Å². The highest BCUT2D eigenvalue weighted by Gasteiger charge is 2.30. The normalized spacial score (nSPS) is 19.4. The van der Waals surface area contributed by atoms with Crippen molar-refractivity contribution in [1.82, 2.24) is 5.32 Å². The van der Waals surface area contributed by atoms with Crippen molar-refractivity contribution >= 4 is 41.7 Å². The Kier molecular flexibility index (Phi) is 10.4. The van der Waals surface area contributed by atoms with E-state index in [0.29, 0.717) is 37.2 Å². The lowest BCUT2D eigenvalue weighted by Crippen LogP contribution is -2.13. The summed E-state index contributed by atoms with van der Waals surface area (Å²) < 4.78 is 27.5. The van der Waals surface area contributed by atoms with Crippen LogP contribution in [0.4, 0.5) is 14.5 Å². The Bertz CT molecular complexity index is 770. The molecule has 28 heavy (non-hydrogen) atoms. The molecular formula is C19H21Cl2F2N3O2. The van der Waals surface area contributed by atoms with Crippen molar-refractivity contribution in [3.8, 4) is 0 Å². The molecular weight excluding hydrogens is 411 g/mol. The average molecular weight is 432 g/mol. The van der Waals surface area contributed by atoms with Crippen LogP contribution < -0.4 is 16.4 Å². The summed E-state index contributed by atoms with van der Waals surface area (Å²) in [5.41, 5.74) is 5.31. The maximum atomic E-state index is 13.9. The maximum absolute atomic E-state index is 13.9. The van der Waals surface area contributed by atoms with Crippen molar-refractivity contribution in [1.29, 1.82) is 0 Å². The summed E-state index contributed by atoms with van der Waals surface area (Å²) >= 11 is 11.5. The van der Waals surface area contributed by atoms with Crippen molar-refractivity contribution in [2.45, 2.75) is 12.3 Å². The highest BCUT2D eigenvalue weighted by atomic mass is 35.5. The number of nitrogens with one attached hydrogen (secondary N) is 2. The van der Waals surface area contributed by atoms with Gasteiger partial charge in [-0.25, -0.2) is 8.78 Å². The molecule has 2 amide bonds. The topological polar surface area (TPSA) is 84.2 Å². The number of carbonyl (C=O) groups excluding carboxylic acids is 2. The molecule has 1 heterocycles. The fourth-order valence-corrected chi connectivity index (χ4v) is 3.15. The van der Waals surface area contributed by atoms with Crippen LogP contribution in [0.15, 0.2) is 47.8 Å². The van der Waals surface area contributed by atoms with E-state index in [9.17, 15) is 13.6 Å². The van der Waals surface area contributed by atoms with Gasteiger partial charge in [-0.1, -0.05) is 35.9 Å². The van der Waals surface area contributed by atoms with Crippen LogP contribution in [0.1, 0.15) is 17.9 Å². The van der Waals surface area contributed by atoms with Gasteiger partial charge >= 0.3 is 0 Å². The van der Waals surface area contributed by atoms with E-state index >= 15 is 0 Å². The lowest BCUT2D eigenvalue weighted by atomic mass is 9.85. The van der Waals surface area contributed by atoms with Crippen LogP contribution in [0.5, 0.6) is 0 Å². The second-order valence-electron chi connectivity index (χ2n) is 5.81. The third-order valence-corrected chi connectivity index (χ3v) is 4.78. The Morgan fingerprint density at radius 1 is 1.39 bits per heavy atom. The molecule has 5 nitrogen and oxygen atoms in total. The van der Waals surface area contributed by atoms with Crippen molar-refractivity contribution in [2.75, 3.05) is 18.4 Å². The summed E-state index contributed by atoms with van der Waals surface area (Å²) in [5.74, 6) is -1.03. The predicted octanol–water partition coefficient (Wildman–Crippen LogP) is 4.00. The van der Waals surface area contributed by atoms with E-state index in [0.717, 1.165) is 0 Å². The monoisotopic (exact) mass is 431 g/mol. The van der Waals surface area contributed by atoms with E-state index in [1.54, 1.807) is 6.08 Å². The Labute approximate surface area is 172 Å². The minimum absolute atomic E-state index is 0.0409. The standard InChI is InChI=1S/C18H18Cl2F2N2O.CH3NO/c1-2-14(19)16(21)5-3-4-11-8-23-9-13(11)12-6-17(22)15(20)7-18(12)24-10-25;2-1-3/h2-3,5-7,10-11,13,23H,1,4,8-9H2,(H,24,25);1H,(H2,2,3)/b5-3-,16-14-;/t11-,13+;/m0./s1. The number of primary amides is 1. The zero-order valence-corrected chi connectivity index (χ0v) is 16.4. The molecule has 0 aliphatic carbocycles. The Morgan fingerprint density at radius 2 is 2.07 bits per heavy atom. The van der Waals surface area contributed by atoms with Gasteiger partial charge in [-0.05, 0) is 48.7 Å². The van der Waals surface area contributed by atoms with Crippen LogP contribution >= 0.6 is 23.2 Å². The first-order valence-electron chi connectivity index (χ1n) is 8.29. The van der Waals surface area contributed by atoms with Gasteiger partial charge in [0.1, 0.15) is 11.6 Å². The van der Waals surface area contributed by atoms with E-state index in [4.69, 9.17) is 28.0 Å². The first kappa shape index (κ1) is 23.8. The van der Waals surface area contributed by atoms with E-state index in [-0.39, 0.29) is 28.3 Å². The van der Waals surface area contributed by atoms with Gasteiger partial charge in [-0.3, -0.25) is 9.59 Å². The first-order valence-corrected chi connectivity index (χ1v) is 9.04. The van der Waals surface area contributed by atoms with Crippen LogP contribution in [0, 0.1) is 11.7 Å². The van der Waals surface area contributed by atoms with Gasteiger partial charge in [-0.2, -0.15) is 0 Å². The van der Waals surface area contributed by atoms with E-state index in [1.807, 2.05) is 0 Å². The first-order chi connectivity index (χ1) is 13.4. The van der Waals surface area contributed by atoms with Gasteiger partial charge < -0.3 is 16.4 Å². The number of carbonyl (C=O) groups is 2. The van der Waals surface area contributed by atoms with E-state index in [1.165, 1.54) is 24.3 Å². The number of halogens is 4. The second-order valence-corrected chi connectivity index (χ2v) is 6.63. The summed E-state index contributed by atoms with van der Waals surface area (Å²) in [6, 6.07) is 2.75. The minimum atomic E-state index is -0.556. The SMILES string of the molecule is C=C/C(Cl)=C(F)\C=C/C[C@H]1CNC[C@H]1c1cc(F)c(Cl)cc1NC=O.NC=O. The Balaban J connectivity index is 0.00000122. The molecule has 1 aromatic carbocycles. The summed E-state index contributed by atoms with van der Waals surface area (Å²) in [7, 11) is 0. The molecule has 1 fully saturated rings. The molecule has 4 N–H and O–H groups in total. The number of benzene rings is 1. The molecule has 1 aliphatic heterocycles. The fourth-order valence-electron chi connectivity index (χ4n) is 2.93. The Morgan fingerprint density at radius 3 is 2.68 bits per heavy atom. The number of amides is 2. The van der Waals surface area contributed by atoms with Gasteiger partial charge in [0.05, 0.1) is 10.1 Å². The molecule has 2 atom stereocenters. The van der Waals surface area contributed by atoms with Gasteiger partial charge in [-0.15, -0.1) is 0 Å². The minimum Gasteiger partial charge on any atom is -0.372 e.